The number of hydrogen-bond acceptors (Lipinski definition) is 5. The van der Waals surface area contributed by atoms with E-state index < -0.39 is 0 Å². The molecule has 2 aromatic rings. The van der Waals surface area contributed by atoms with E-state index in [1.165, 1.54) is 23.9 Å². The first kappa shape index (κ1) is 21.8. The summed E-state index contributed by atoms with van der Waals surface area (Å²) in [7, 11) is 0. The maximum atomic E-state index is 13.3. The van der Waals surface area contributed by atoms with Crippen LogP contribution in [0, 0.1) is 5.82 Å². The van der Waals surface area contributed by atoms with Crippen LogP contribution in [-0.4, -0.2) is 56.1 Å². The SMILES string of the molecule is CC(C)N(C(=O)CSc1nnc(-c2ccc(F)cc2)n1C[C@H]1CCCO1)C(C)C. The Balaban J connectivity index is 1.82. The minimum absolute atomic E-state index is 0.0787. The van der Waals surface area contributed by atoms with Gasteiger partial charge in [0.2, 0.25) is 5.91 Å². The van der Waals surface area contributed by atoms with Gasteiger partial charge in [-0.2, -0.15) is 0 Å². The van der Waals surface area contributed by atoms with Crippen molar-refractivity contribution in [1.82, 2.24) is 19.7 Å². The van der Waals surface area contributed by atoms with Gasteiger partial charge in [-0.25, -0.2) is 4.39 Å². The number of aromatic nitrogens is 3. The molecule has 1 atom stereocenters. The topological polar surface area (TPSA) is 60.2 Å². The molecule has 3 rings (SSSR count). The largest absolute Gasteiger partial charge is 0.376 e. The highest BCUT2D eigenvalue weighted by Crippen LogP contribution is 2.27. The van der Waals surface area contributed by atoms with E-state index in [2.05, 4.69) is 10.2 Å². The fourth-order valence-electron chi connectivity index (χ4n) is 3.74. The molecule has 6 nitrogen and oxygen atoms in total. The van der Waals surface area contributed by atoms with E-state index in [4.69, 9.17) is 4.74 Å². The van der Waals surface area contributed by atoms with Crippen LogP contribution in [0.15, 0.2) is 29.4 Å². The summed E-state index contributed by atoms with van der Waals surface area (Å²) in [5.74, 6) is 0.750. The molecule has 1 aliphatic rings. The Morgan fingerprint density at radius 1 is 1.24 bits per heavy atom. The lowest BCUT2D eigenvalue weighted by Gasteiger charge is -2.30. The molecule has 0 aliphatic carbocycles. The molecule has 0 radical (unpaired) electrons. The molecule has 0 N–H and O–H groups in total. The van der Waals surface area contributed by atoms with E-state index in [9.17, 15) is 9.18 Å². The van der Waals surface area contributed by atoms with Crippen LogP contribution in [0.4, 0.5) is 4.39 Å². The minimum Gasteiger partial charge on any atom is -0.376 e. The van der Waals surface area contributed by atoms with E-state index in [1.807, 2.05) is 37.2 Å². The van der Waals surface area contributed by atoms with Crippen LogP contribution in [0.2, 0.25) is 0 Å². The van der Waals surface area contributed by atoms with Gasteiger partial charge in [0.15, 0.2) is 11.0 Å². The fraction of sp³-hybridized carbons (Fsp3) is 0.571. The summed E-state index contributed by atoms with van der Waals surface area (Å²) in [6.45, 7) is 9.47. The molecule has 1 aromatic heterocycles. The standard InChI is InChI=1S/C21H29FN4O2S/c1-14(2)26(15(3)4)19(27)13-29-21-24-23-20(16-7-9-17(22)10-8-16)25(21)12-18-6-5-11-28-18/h7-10,14-15,18H,5-6,11-13H2,1-4H3/t18-/m1/s1. The van der Waals surface area contributed by atoms with Crippen molar-refractivity contribution in [2.45, 2.75) is 70.4 Å². The lowest BCUT2D eigenvalue weighted by Crippen LogP contribution is -2.43. The number of amides is 1. The average Bonchev–Trinajstić information content (AvgIpc) is 3.31. The highest BCUT2D eigenvalue weighted by atomic mass is 32.2. The molecule has 0 bridgehead atoms. The summed E-state index contributed by atoms with van der Waals surface area (Å²) < 4.78 is 21.1. The monoisotopic (exact) mass is 420 g/mol. The summed E-state index contributed by atoms with van der Waals surface area (Å²) >= 11 is 1.39. The number of carbonyl (C=O) groups is 1. The Hall–Kier alpha value is -1.93. The maximum absolute atomic E-state index is 13.3. The van der Waals surface area contributed by atoms with Crippen LogP contribution >= 0.6 is 11.8 Å². The number of ether oxygens (including phenoxy) is 1. The van der Waals surface area contributed by atoms with Crippen LogP contribution < -0.4 is 0 Å². The van der Waals surface area contributed by atoms with E-state index in [0.717, 1.165) is 25.0 Å². The van der Waals surface area contributed by atoms with Crippen molar-refractivity contribution in [3.8, 4) is 11.4 Å². The van der Waals surface area contributed by atoms with Crippen LogP contribution in [0.3, 0.4) is 0 Å². The van der Waals surface area contributed by atoms with Crippen molar-refractivity contribution in [2.75, 3.05) is 12.4 Å². The Kier molecular flexibility index (Phi) is 7.29. The van der Waals surface area contributed by atoms with Gasteiger partial charge >= 0.3 is 0 Å². The van der Waals surface area contributed by atoms with Crippen molar-refractivity contribution in [3.05, 3.63) is 30.1 Å². The zero-order valence-corrected chi connectivity index (χ0v) is 18.3. The van der Waals surface area contributed by atoms with Crippen LogP contribution in [0.1, 0.15) is 40.5 Å². The lowest BCUT2D eigenvalue weighted by atomic mass is 10.2. The second kappa shape index (κ2) is 9.71. The second-order valence-electron chi connectivity index (χ2n) is 7.84. The highest BCUT2D eigenvalue weighted by molar-refractivity contribution is 7.99. The molecule has 1 aliphatic heterocycles. The molecule has 0 spiro atoms. The number of carbonyl (C=O) groups excluding carboxylic acids is 1. The minimum atomic E-state index is -0.290. The molecule has 158 valence electrons. The van der Waals surface area contributed by atoms with E-state index in [0.29, 0.717) is 23.3 Å². The number of benzene rings is 1. The molecule has 1 aromatic carbocycles. The zero-order valence-electron chi connectivity index (χ0n) is 17.5. The molecular formula is C21H29FN4O2S. The Labute approximate surface area is 175 Å². The summed E-state index contributed by atoms with van der Waals surface area (Å²) in [6.07, 6.45) is 2.12. The Morgan fingerprint density at radius 2 is 1.93 bits per heavy atom. The van der Waals surface area contributed by atoms with Gasteiger partial charge in [0.25, 0.3) is 0 Å². The summed E-state index contributed by atoms with van der Waals surface area (Å²) in [5, 5.41) is 9.36. The predicted octanol–water partition coefficient (Wildman–Crippen LogP) is 4.00. The van der Waals surface area contributed by atoms with Gasteiger partial charge in [-0.15, -0.1) is 10.2 Å². The lowest BCUT2D eigenvalue weighted by molar-refractivity contribution is -0.131. The zero-order chi connectivity index (χ0) is 21.0. The van der Waals surface area contributed by atoms with Gasteiger partial charge < -0.3 is 9.64 Å². The van der Waals surface area contributed by atoms with Crippen molar-refractivity contribution >= 4 is 17.7 Å². The first-order valence-electron chi connectivity index (χ1n) is 10.1. The molecule has 1 amide bonds. The molecule has 1 fully saturated rings. The molecule has 1 saturated heterocycles. The first-order valence-corrected chi connectivity index (χ1v) is 11.1. The molecular weight excluding hydrogens is 391 g/mol. The fourth-order valence-corrected chi connectivity index (χ4v) is 4.55. The number of rotatable bonds is 8. The van der Waals surface area contributed by atoms with Crippen LogP contribution in [0.5, 0.6) is 0 Å². The summed E-state index contributed by atoms with van der Waals surface area (Å²) in [5.41, 5.74) is 0.793. The van der Waals surface area contributed by atoms with E-state index >= 15 is 0 Å². The Bertz CT molecular complexity index is 809. The van der Waals surface area contributed by atoms with Crippen LogP contribution in [0.25, 0.3) is 11.4 Å². The second-order valence-corrected chi connectivity index (χ2v) is 8.78. The number of nitrogens with zero attached hydrogens (tertiary/aromatic N) is 4. The Morgan fingerprint density at radius 3 is 2.52 bits per heavy atom. The van der Waals surface area contributed by atoms with Crippen molar-refractivity contribution < 1.29 is 13.9 Å². The molecule has 8 heteroatoms. The van der Waals surface area contributed by atoms with Gasteiger partial charge in [0, 0.05) is 24.3 Å². The van der Waals surface area contributed by atoms with E-state index in [-0.39, 0.29) is 29.9 Å². The van der Waals surface area contributed by atoms with Gasteiger partial charge in [-0.3, -0.25) is 9.36 Å². The van der Waals surface area contributed by atoms with Crippen molar-refractivity contribution in [2.24, 2.45) is 0 Å². The van der Waals surface area contributed by atoms with Crippen molar-refractivity contribution in [1.29, 1.82) is 0 Å². The number of halogens is 1. The third-order valence-electron chi connectivity index (χ3n) is 4.95. The quantitative estimate of drug-likeness (QED) is 0.604. The van der Waals surface area contributed by atoms with Crippen molar-refractivity contribution in [3.63, 3.8) is 0 Å². The summed E-state index contributed by atoms with van der Waals surface area (Å²) in [6, 6.07) is 6.51. The molecule has 29 heavy (non-hydrogen) atoms. The maximum Gasteiger partial charge on any atom is 0.233 e. The average molecular weight is 421 g/mol. The summed E-state index contributed by atoms with van der Waals surface area (Å²) in [4.78, 5) is 14.6. The smallest absolute Gasteiger partial charge is 0.233 e. The number of thioether (sulfide) groups is 1. The van der Waals surface area contributed by atoms with Gasteiger partial charge in [-0.05, 0) is 64.8 Å². The number of hydrogen-bond donors (Lipinski definition) is 0. The predicted molar refractivity (Wildman–Crippen MR) is 112 cm³/mol. The van der Waals surface area contributed by atoms with Gasteiger partial charge in [0.1, 0.15) is 5.82 Å². The van der Waals surface area contributed by atoms with Gasteiger partial charge in [0.05, 0.1) is 18.4 Å². The van der Waals surface area contributed by atoms with Gasteiger partial charge in [-0.1, -0.05) is 11.8 Å². The third-order valence-corrected chi connectivity index (χ3v) is 5.91. The molecule has 2 heterocycles. The first-order chi connectivity index (χ1) is 13.9. The normalized spacial score (nSPS) is 16.7. The molecule has 0 unspecified atom stereocenters. The van der Waals surface area contributed by atoms with E-state index in [1.54, 1.807) is 12.1 Å². The third kappa shape index (κ3) is 5.36. The highest BCUT2D eigenvalue weighted by Gasteiger charge is 2.24. The molecule has 0 saturated carbocycles. The van der Waals surface area contributed by atoms with Crippen LogP contribution in [-0.2, 0) is 16.1 Å².